The van der Waals surface area contributed by atoms with Gasteiger partial charge in [-0.3, -0.25) is 0 Å². The van der Waals surface area contributed by atoms with Crippen LogP contribution in [0.15, 0.2) is 16.7 Å². The first-order valence-electron chi connectivity index (χ1n) is 7.11. The number of carbonyl (C=O) groups excluding carboxylic acids is 1. The fraction of sp³-hybridized carbons (Fsp3) is 0.600. The Bertz CT molecular complexity index is 528. The van der Waals surface area contributed by atoms with Crippen molar-refractivity contribution in [3.8, 4) is 0 Å². The molecule has 0 radical (unpaired) electrons. The fourth-order valence-electron chi connectivity index (χ4n) is 2.41. The Morgan fingerprint density at radius 3 is 2.86 bits per heavy atom. The number of halogens is 1. The monoisotopic (exact) mass is 355 g/mol. The lowest BCUT2D eigenvalue weighted by Crippen LogP contribution is -2.40. The van der Waals surface area contributed by atoms with Crippen molar-refractivity contribution in [3.05, 3.63) is 22.3 Å². The number of aromatic nitrogens is 1. The van der Waals surface area contributed by atoms with E-state index < -0.39 is 5.60 Å². The van der Waals surface area contributed by atoms with Gasteiger partial charge >= 0.3 is 6.09 Å². The van der Waals surface area contributed by atoms with Crippen molar-refractivity contribution in [3.63, 3.8) is 0 Å². The molecule has 2 rings (SSSR count). The molecule has 1 aliphatic rings. The van der Waals surface area contributed by atoms with Crippen molar-refractivity contribution in [2.75, 3.05) is 18.0 Å². The van der Waals surface area contributed by atoms with Crippen LogP contribution in [-0.4, -0.2) is 35.8 Å². The maximum absolute atomic E-state index is 11.8. The lowest BCUT2D eigenvalue weighted by atomic mass is 10.2. The number of hydrogen-bond acceptors (Lipinski definition) is 4. The Morgan fingerprint density at radius 1 is 1.52 bits per heavy atom. The lowest BCUT2D eigenvalue weighted by molar-refractivity contribution is 0.0509. The normalized spacial score (nSPS) is 18.7. The van der Waals surface area contributed by atoms with Crippen LogP contribution in [0.3, 0.4) is 0 Å². The van der Waals surface area contributed by atoms with Crippen LogP contribution in [0.5, 0.6) is 0 Å². The van der Waals surface area contributed by atoms with Crippen LogP contribution in [0, 0.1) is 6.92 Å². The van der Waals surface area contributed by atoms with E-state index in [0.29, 0.717) is 0 Å². The predicted octanol–water partition coefficient (Wildman–Crippen LogP) is 3.26. The number of carbonyl (C=O) groups is 1. The van der Waals surface area contributed by atoms with Crippen LogP contribution in [0.2, 0.25) is 0 Å². The van der Waals surface area contributed by atoms with Gasteiger partial charge in [-0.2, -0.15) is 0 Å². The van der Waals surface area contributed by atoms with E-state index in [2.05, 4.69) is 37.2 Å². The van der Waals surface area contributed by atoms with E-state index in [9.17, 15) is 4.79 Å². The minimum absolute atomic E-state index is 0.102. The number of nitrogens with one attached hydrogen (secondary N) is 1. The Labute approximate surface area is 134 Å². The molecule has 21 heavy (non-hydrogen) atoms. The summed E-state index contributed by atoms with van der Waals surface area (Å²) in [4.78, 5) is 18.5. The number of hydrogen-bond donors (Lipinski definition) is 1. The number of aryl methyl sites for hydroxylation is 1. The number of amides is 1. The number of nitrogens with zero attached hydrogens (tertiary/aromatic N) is 2. The van der Waals surface area contributed by atoms with E-state index in [-0.39, 0.29) is 12.1 Å². The zero-order chi connectivity index (χ0) is 15.6. The zero-order valence-electron chi connectivity index (χ0n) is 12.9. The molecule has 2 heterocycles. The van der Waals surface area contributed by atoms with Crippen LogP contribution in [0.1, 0.15) is 32.8 Å². The van der Waals surface area contributed by atoms with Crippen molar-refractivity contribution in [2.45, 2.75) is 45.8 Å². The van der Waals surface area contributed by atoms with Crippen molar-refractivity contribution in [1.29, 1.82) is 0 Å². The molecule has 0 bridgehead atoms. The topological polar surface area (TPSA) is 54.5 Å². The standard InChI is InChI=1S/C15H22BrN3O2/c1-10-7-11(16)8-17-13(10)19-6-5-12(9-19)18-14(20)21-15(2,3)4/h7-8,12H,5-6,9H2,1-4H3,(H,18,20)/t12-/m0/s1. The lowest BCUT2D eigenvalue weighted by Gasteiger charge is -2.22. The molecule has 1 fully saturated rings. The van der Waals surface area contributed by atoms with Gasteiger partial charge in [-0.25, -0.2) is 9.78 Å². The Morgan fingerprint density at radius 2 is 2.24 bits per heavy atom. The number of ether oxygens (including phenoxy) is 1. The quantitative estimate of drug-likeness (QED) is 0.884. The third-order valence-corrected chi connectivity index (χ3v) is 3.66. The van der Waals surface area contributed by atoms with Gasteiger partial charge in [0, 0.05) is 23.8 Å². The molecule has 1 N–H and O–H groups in total. The highest BCUT2D eigenvalue weighted by Crippen LogP contribution is 2.24. The van der Waals surface area contributed by atoms with Gasteiger partial charge < -0.3 is 15.0 Å². The van der Waals surface area contributed by atoms with Crippen molar-refractivity contribution >= 4 is 27.8 Å². The molecule has 0 aromatic carbocycles. The van der Waals surface area contributed by atoms with E-state index in [1.807, 2.05) is 27.7 Å². The first-order valence-corrected chi connectivity index (χ1v) is 7.90. The minimum atomic E-state index is -0.466. The van der Waals surface area contributed by atoms with Crippen molar-refractivity contribution in [2.24, 2.45) is 0 Å². The molecule has 1 amide bonds. The molecule has 1 saturated heterocycles. The van der Waals surface area contributed by atoms with Crippen LogP contribution < -0.4 is 10.2 Å². The summed E-state index contributed by atoms with van der Waals surface area (Å²) >= 11 is 3.42. The third-order valence-electron chi connectivity index (χ3n) is 3.23. The van der Waals surface area contributed by atoms with Crippen molar-refractivity contribution < 1.29 is 9.53 Å². The highest BCUT2D eigenvalue weighted by molar-refractivity contribution is 9.10. The van der Waals surface area contributed by atoms with Gasteiger partial charge in [0.15, 0.2) is 0 Å². The molecular formula is C15H22BrN3O2. The molecule has 0 aliphatic carbocycles. The van der Waals surface area contributed by atoms with Crippen LogP contribution in [-0.2, 0) is 4.74 Å². The molecule has 0 saturated carbocycles. The summed E-state index contributed by atoms with van der Waals surface area (Å²) in [5, 5.41) is 2.93. The van der Waals surface area contributed by atoms with E-state index in [4.69, 9.17) is 4.74 Å². The van der Waals surface area contributed by atoms with Gasteiger partial charge in [0.05, 0.1) is 6.04 Å². The summed E-state index contributed by atoms with van der Waals surface area (Å²) in [6, 6.07) is 2.15. The van der Waals surface area contributed by atoms with Gasteiger partial charge in [-0.15, -0.1) is 0 Å². The Hall–Kier alpha value is -1.30. The second kappa shape index (κ2) is 6.22. The first kappa shape index (κ1) is 16.1. The predicted molar refractivity (Wildman–Crippen MR) is 86.7 cm³/mol. The highest BCUT2D eigenvalue weighted by atomic mass is 79.9. The molecule has 0 spiro atoms. The highest BCUT2D eigenvalue weighted by Gasteiger charge is 2.27. The van der Waals surface area contributed by atoms with Gasteiger partial charge in [-0.05, 0) is 61.7 Å². The van der Waals surface area contributed by atoms with E-state index in [1.165, 1.54) is 0 Å². The maximum Gasteiger partial charge on any atom is 0.407 e. The van der Waals surface area contributed by atoms with Crippen LogP contribution in [0.4, 0.5) is 10.6 Å². The van der Waals surface area contributed by atoms with E-state index in [0.717, 1.165) is 35.4 Å². The Kier molecular flexibility index (Phi) is 4.76. The summed E-state index contributed by atoms with van der Waals surface area (Å²) in [7, 11) is 0. The summed E-state index contributed by atoms with van der Waals surface area (Å²) in [6.07, 6.45) is 2.35. The smallest absolute Gasteiger partial charge is 0.407 e. The number of anilines is 1. The van der Waals surface area contributed by atoms with Gasteiger partial charge in [0.25, 0.3) is 0 Å². The van der Waals surface area contributed by atoms with Crippen molar-refractivity contribution in [1.82, 2.24) is 10.3 Å². The summed E-state index contributed by atoms with van der Waals surface area (Å²) in [6.45, 7) is 9.28. The molecule has 116 valence electrons. The largest absolute Gasteiger partial charge is 0.444 e. The van der Waals surface area contributed by atoms with Crippen LogP contribution >= 0.6 is 15.9 Å². The average Bonchev–Trinajstić information content (AvgIpc) is 2.74. The number of alkyl carbamates (subject to hydrolysis) is 1. The zero-order valence-corrected chi connectivity index (χ0v) is 14.5. The van der Waals surface area contributed by atoms with Gasteiger partial charge in [-0.1, -0.05) is 0 Å². The molecular weight excluding hydrogens is 334 g/mol. The third kappa shape index (κ3) is 4.59. The SMILES string of the molecule is Cc1cc(Br)cnc1N1CC[C@H](NC(=O)OC(C)(C)C)C1. The Balaban J connectivity index is 1.93. The summed E-state index contributed by atoms with van der Waals surface area (Å²) in [5.41, 5.74) is 0.661. The van der Waals surface area contributed by atoms with Crippen LogP contribution in [0.25, 0.3) is 0 Å². The molecule has 1 aromatic heterocycles. The average molecular weight is 356 g/mol. The molecule has 6 heteroatoms. The second-order valence-corrected chi connectivity index (χ2v) is 7.29. The molecule has 5 nitrogen and oxygen atoms in total. The first-order chi connectivity index (χ1) is 9.74. The second-order valence-electron chi connectivity index (χ2n) is 6.37. The van der Waals surface area contributed by atoms with Gasteiger partial charge in [0.2, 0.25) is 0 Å². The van der Waals surface area contributed by atoms with Gasteiger partial charge in [0.1, 0.15) is 11.4 Å². The number of pyridine rings is 1. The summed E-state index contributed by atoms with van der Waals surface area (Å²) in [5.74, 6) is 0.978. The molecule has 1 aromatic rings. The molecule has 1 aliphatic heterocycles. The summed E-state index contributed by atoms with van der Waals surface area (Å²) < 4.78 is 6.27. The van der Waals surface area contributed by atoms with E-state index >= 15 is 0 Å². The maximum atomic E-state index is 11.8. The number of rotatable bonds is 2. The molecule has 0 unspecified atom stereocenters. The molecule has 1 atom stereocenters. The van der Waals surface area contributed by atoms with E-state index in [1.54, 1.807) is 6.20 Å². The minimum Gasteiger partial charge on any atom is -0.444 e. The fourth-order valence-corrected chi connectivity index (χ4v) is 2.85.